The van der Waals surface area contributed by atoms with Crippen molar-refractivity contribution in [3.8, 4) is 11.4 Å². The quantitative estimate of drug-likeness (QED) is 0.622. The van der Waals surface area contributed by atoms with Crippen LogP contribution in [-0.4, -0.2) is 15.9 Å². The van der Waals surface area contributed by atoms with Crippen LogP contribution >= 0.6 is 0 Å². The second kappa shape index (κ2) is 7.89. The minimum absolute atomic E-state index is 0.181. The summed E-state index contributed by atoms with van der Waals surface area (Å²) in [4.78, 5) is 21.5. The molecule has 3 aromatic rings. The van der Waals surface area contributed by atoms with E-state index in [1.54, 1.807) is 0 Å². The van der Waals surface area contributed by atoms with Gasteiger partial charge in [-0.1, -0.05) is 42.0 Å². The maximum Gasteiger partial charge on any atom is 0.416 e. The molecule has 0 unspecified atom stereocenters. The standard InChI is InChI=1S/C23H20F3N3O/c1-14-3-2-4-15(11-14)12-28-22(30)19-13-27-21(29-20(19)16-5-6-16)17-7-9-18(10-8-17)23(24,25)26/h2-4,7-11,13,16H,5-6,12H2,1H3,(H,28,30). The Bertz CT molecular complexity index is 1070. The number of benzene rings is 2. The molecule has 1 aromatic heterocycles. The highest BCUT2D eigenvalue weighted by Gasteiger charge is 2.32. The topological polar surface area (TPSA) is 54.9 Å². The molecule has 1 N–H and O–H groups in total. The van der Waals surface area contributed by atoms with Crippen molar-refractivity contribution in [1.29, 1.82) is 0 Å². The average Bonchev–Trinajstić information content (AvgIpc) is 3.56. The number of rotatable bonds is 5. The number of halogens is 3. The predicted octanol–water partition coefficient (Wildman–Crippen LogP) is 5.28. The molecule has 154 valence electrons. The van der Waals surface area contributed by atoms with Gasteiger partial charge in [-0.25, -0.2) is 9.97 Å². The third-order valence-corrected chi connectivity index (χ3v) is 5.03. The maximum absolute atomic E-state index is 12.8. The van der Waals surface area contributed by atoms with Crippen molar-refractivity contribution in [2.75, 3.05) is 0 Å². The molecule has 0 atom stereocenters. The zero-order chi connectivity index (χ0) is 21.3. The molecule has 1 aliphatic carbocycles. The minimum atomic E-state index is -4.39. The van der Waals surface area contributed by atoms with Crippen molar-refractivity contribution >= 4 is 5.91 Å². The number of alkyl halides is 3. The molecule has 1 amide bonds. The Labute approximate surface area is 172 Å². The van der Waals surface area contributed by atoms with Gasteiger partial charge in [-0.15, -0.1) is 0 Å². The highest BCUT2D eigenvalue weighted by atomic mass is 19.4. The molecule has 1 heterocycles. The largest absolute Gasteiger partial charge is 0.416 e. The van der Waals surface area contributed by atoms with Gasteiger partial charge in [0.05, 0.1) is 16.8 Å². The molecule has 1 saturated carbocycles. The van der Waals surface area contributed by atoms with E-state index in [0.29, 0.717) is 29.2 Å². The molecular formula is C23H20F3N3O. The summed E-state index contributed by atoms with van der Waals surface area (Å²) in [5.74, 6) is 0.249. The molecule has 0 bridgehead atoms. The van der Waals surface area contributed by atoms with E-state index < -0.39 is 11.7 Å². The monoisotopic (exact) mass is 411 g/mol. The van der Waals surface area contributed by atoms with Crippen molar-refractivity contribution in [3.05, 3.63) is 82.7 Å². The van der Waals surface area contributed by atoms with Crippen LogP contribution in [0, 0.1) is 6.92 Å². The van der Waals surface area contributed by atoms with Crippen molar-refractivity contribution in [2.24, 2.45) is 0 Å². The Morgan fingerprint density at radius 2 is 1.87 bits per heavy atom. The van der Waals surface area contributed by atoms with Gasteiger partial charge in [0, 0.05) is 24.2 Å². The molecule has 4 nitrogen and oxygen atoms in total. The Morgan fingerprint density at radius 1 is 1.13 bits per heavy atom. The third-order valence-electron chi connectivity index (χ3n) is 5.03. The van der Waals surface area contributed by atoms with Crippen LogP contribution < -0.4 is 5.32 Å². The first kappa shape index (κ1) is 20.1. The van der Waals surface area contributed by atoms with Crippen LogP contribution in [0.2, 0.25) is 0 Å². The number of hydrogen-bond donors (Lipinski definition) is 1. The Morgan fingerprint density at radius 3 is 2.50 bits per heavy atom. The summed E-state index contributed by atoms with van der Waals surface area (Å²) in [5.41, 5.74) is 2.95. The SMILES string of the molecule is Cc1cccc(CNC(=O)c2cnc(-c3ccc(C(F)(F)F)cc3)nc2C2CC2)c1. The van der Waals surface area contributed by atoms with Gasteiger partial charge in [0.25, 0.3) is 5.91 Å². The molecule has 1 fully saturated rings. The first-order chi connectivity index (χ1) is 14.3. The van der Waals surface area contributed by atoms with Crippen LogP contribution in [0.15, 0.2) is 54.7 Å². The van der Waals surface area contributed by atoms with Gasteiger partial charge in [-0.3, -0.25) is 4.79 Å². The zero-order valence-electron chi connectivity index (χ0n) is 16.3. The lowest BCUT2D eigenvalue weighted by atomic mass is 10.1. The van der Waals surface area contributed by atoms with E-state index >= 15 is 0 Å². The number of hydrogen-bond acceptors (Lipinski definition) is 3. The fraction of sp³-hybridized carbons (Fsp3) is 0.261. The number of amides is 1. The number of nitrogens with one attached hydrogen (secondary N) is 1. The van der Waals surface area contributed by atoms with Crippen molar-refractivity contribution in [3.63, 3.8) is 0 Å². The van der Waals surface area contributed by atoms with Crippen LogP contribution in [-0.2, 0) is 12.7 Å². The highest BCUT2D eigenvalue weighted by Crippen LogP contribution is 2.41. The maximum atomic E-state index is 12.8. The van der Waals surface area contributed by atoms with E-state index in [2.05, 4.69) is 15.3 Å². The normalized spacial score (nSPS) is 13.9. The van der Waals surface area contributed by atoms with E-state index in [1.807, 2.05) is 31.2 Å². The minimum Gasteiger partial charge on any atom is -0.348 e. The van der Waals surface area contributed by atoms with Gasteiger partial charge in [0.1, 0.15) is 0 Å². The van der Waals surface area contributed by atoms with E-state index in [1.165, 1.54) is 18.3 Å². The fourth-order valence-corrected chi connectivity index (χ4v) is 3.28. The van der Waals surface area contributed by atoms with Gasteiger partial charge in [0.15, 0.2) is 5.82 Å². The first-order valence-corrected chi connectivity index (χ1v) is 9.69. The van der Waals surface area contributed by atoms with E-state index in [0.717, 1.165) is 36.1 Å². The second-order valence-corrected chi connectivity index (χ2v) is 7.51. The molecule has 4 rings (SSSR count). The third kappa shape index (κ3) is 4.50. The Hall–Kier alpha value is -3.22. The van der Waals surface area contributed by atoms with Crippen molar-refractivity contribution in [1.82, 2.24) is 15.3 Å². The lowest BCUT2D eigenvalue weighted by molar-refractivity contribution is -0.137. The number of aromatic nitrogens is 2. The summed E-state index contributed by atoms with van der Waals surface area (Å²) in [5, 5.41) is 2.90. The molecular weight excluding hydrogens is 391 g/mol. The van der Waals surface area contributed by atoms with Gasteiger partial charge in [-0.2, -0.15) is 13.2 Å². The lowest BCUT2D eigenvalue weighted by Gasteiger charge is -2.11. The summed E-state index contributed by atoms with van der Waals surface area (Å²) < 4.78 is 38.4. The molecule has 0 spiro atoms. The molecule has 1 aliphatic rings. The summed E-state index contributed by atoms with van der Waals surface area (Å²) in [6.07, 6.45) is -1.06. The van der Waals surface area contributed by atoms with Crippen LogP contribution in [0.25, 0.3) is 11.4 Å². The molecule has 7 heteroatoms. The second-order valence-electron chi connectivity index (χ2n) is 7.51. The highest BCUT2D eigenvalue weighted by molar-refractivity contribution is 5.95. The Kier molecular flexibility index (Phi) is 5.28. The van der Waals surface area contributed by atoms with Crippen molar-refractivity contribution in [2.45, 2.75) is 38.4 Å². The van der Waals surface area contributed by atoms with Crippen LogP contribution in [0.5, 0.6) is 0 Å². The van der Waals surface area contributed by atoms with Crippen LogP contribution in [0.4, 0.5) is 13.2 Å². The zero-order valence-corrected chi connectivity index (χ0v) is 16.3. The smallest absolute Gasteiger partial charge is 0.348 e. The number of nitrogens with zero attached hydrogens (tertiary/aromatic N) is 2. The fourth-order valence-electron chi connectivity index (χ4n) is 3.28. The van der Waals surface area contributed by atoms with Gasteiger partial charge in [-0.05, 0) is 37.5 Å². The van der Waals surface area contributed by atoms with E-state index in [9.17, 15) is 18.0 Å². The lowest BCUT2D eigenvalue weighted by Crippen LogP contribution is -2.24. The first-order valence-electron chi connectivity index (χ1n) is 9.69. The van der Waals surface area contributed by atoms with Gasteiger partial charge >= 0.3 is 6.18 Å². The summed E-state index contributed by atoms with van der Waals surface area (Å²) in [6, 6.07) is 12.6. The molecule has 0 saturated heterocycles. The molecule has 2 aromatic carbocycles. The van der Waals surface area contributed by atoms with E-state index in [-0.39, 0.29) is 11.8 Å². The van der Waals surface area contributed by atoms with E-state index in [4.69, 9.17) is 0 Å². The molecule has 30 heavy (non-hydrogen) atoms. The predicted molar refractivity (Wildman–Crippen MR) is 107 cm³/mol. The van der Waals surface area contributed by atoms with Crippen LogP contribution in [0.3, 0.4) is 0 Å². The molecule has 0 radical (unpaired) electrons. The Balaban J connectivity index is 1.55. The van der Waals surface area contributed by atoms with Crippen LogP contribution in [0.1, 0.15) is 51.5 Å². The number of carbonyl (C=O) groups excluding carboxylic acids is 1. The average molecular weight is 411 g/mol. The summed E-state index contributed by atoms with van der Waals surface area (Å²) >= 11 is 0. The van der Waals surface area contributed by atoms with Gasteiger partial charge in [0.2, 0.25) is 0 Å². The molecule has 0 aliphatic heterocycles. The summed E-state index contributed by atoms with van der Waals surface area (Å²) in [6.45, 7) is 2.38. The number of aryl methyl sites for hydroxylation is 1. The van der Waals surface area contributed by atoms with Gasteiger partial charge < -0.3 is 5.32 Å². The number of carbonyl (C=O) groups is 1. The van der Waals surface area contributed by atoms with Crippen molar-refractivity contribution < 1.29 is 18.0 Å². The summed E-state index contributed by atoms with van der Waals surface area (Å²) in [7, 11) is 0.